The number of fused-ring (bicyclic) bond motifs is 5. The third-order valence-corrected chi connectivity index (χ3v) is 8.94. The molecule has 4 aliphatic rings. The van der Waals surface area contributed by atoms with Crippen molar-refractivity contribution >= 4 is 5.71 Å². The Labute approximate surface area is 151 Å². The summed E-state index contributed by atoms with van der Waals surface area (Å²) < 4.78 is 0. The summed E-state index contributed by atoms with van der Waals surface area (Å²) in [6.45, 7) is 6.64. The molecule has 0 amide bonds. The van der Waals surface area contributed by atoms with Crippen molar-refractivity contribution in [2.45, 2.75) is 83.8 Å². The Bertz CT molecular complexity index is 629. The number of allylic oxidation sites excluding steroid dienone is 1. The number of hydrogen-bond donors (Lipinski definition) is 3. The van der Waals surface area contributed by atoms with E-state index in [-0.39, 0.29) is 16.9 Å². The Hall–Kier alpha value is -0.870. The highest BCUT2D eigenvalue weighted by Gasteiger charge is 2.65. The van der Waals surface area contributed by atoms with Gasteiger partial charge in [0, 0.05) is 5.41 Å². The molecule has 0 spiro atoms. The molecule has 4 aliphatic carbocycles. The van der Waals surface area contributed by atoms with Gasteiger partial charge in [0.15, 0.2) is 0 Å². The molecule has 4 rings (SSSR count). The van der Waals surface area contributed by atoms with Gasteiger partial charge in [-0.15, -0.1) is 0 Å². The molecule has 3 N–H and O–H groups in total. The lowest BCUT2D eigenvalue weighted by Crippen LogP contribution is -2.55. The maximum atomic E-state index is 11.4. The minimum atomic E-state index is -0.967. The number of oxime groups is 1. The lowest BCUT2D eigenvalue weighted by molar-refractivity contribution is -0.109. The molecule has 4 heteroatoms. The molecular weight excluding hydrogens is 314 g/mol. The van der Waals surface area contributed by atoms with Crippen molar-refractivity contribution in [2.24, 2.45) is 33.7 Å². The minimum absolute atomic E-state index is 0.172. The van der Waals surface area contributed by atoms with Gasteiger partial charge in [-0.25, -0.2) is 0 Å². The summed E-state index contributed by atoms with van der Waals surface area (Å²) in [7, 11) is 0. The van der Waals surface area contributed by atoms with Crippen LogP contribution in [0.3, 0.4) is 0 Å². The zero-order chi connectivity index (χ0) is 18.0. The molecule has 25 heavy (non-hydrogen) atoms. The molecule has 0 unspecified atom stereocenters. The van der Waals surface area contributed by atoms with Gasteiger partial charge in [-0.3, -0.25) is 0 Å². The number of nitrogens with zero attached hydrogens (tertiary/aromatic N) is 1. The molecule has 3 saturated carbocycles. The Morgan fingerprint density at radius 1 is 1.16 bits per heavy atom. The van der Waals surface area contributed by atoms with Gasteiger partial charge < -0.3 is 15.4 Å². The van der Waals surface area contributed by atoms with E-state index in [1.165, 1.54) is 5.57 Å². The fourth-order valence-electron chi connectivity index (χ4n) is 7.29. The van der Waals surface area contributed by atoms with E-state index in [9.17, 15) is 15.4 Å². The van der Waals surface area contributed by atoms with Crippen molar-refractivity contribution in [3.8, 4) is 0 Å². The zero-order valence-corrected chi connectivity index (χ0v) is 15.8. The van der Waals surface area contributed by atoms with E-state index in [1.54, 1.807) is 0 Å². The van der Waals surface area contributed by atoms with Crippen LogP contribution in [0.15, 0.2) is 16.8 Å². The molecule has 7 atom stereocenters. The van der Waals surface area contributed by atoms with Gasteiger partial charge in [0.05, 0.1) is 11.8 Å². The van der Waals surface area contributed by atoms with Crippen molar-refractivity contribution in [1.82, 2.24) is 0 Å². The SMILES string of the molecule is CC[C@]1(O)/C(=N/O)C[C@H]2[C@@H]3CC=C4C[C@@H](O)CC[C@]4(C)[C@H]3CC[C@@]21C. The van der Waals surface area contributed by atoms with Crippen molar-refractivity contribution in [3.63, 3.8) is 0 Å². The van der Waals surface area contributed by atoms with Crippen molar-refractivity contribution < 1.29 is 15.4 Å². The summed E-state index contributed by atoms with van der Waals surface area (Å²) in [6, 6.07) is 0. The summed E-state index contributed by atoms with van der Waals surface area (Å²) in [5, 5.41) is 34.6. The quantitative estimate of drug-likeness (QED) is 0.383. The highest BCUT2D eigenvalue weighted by Crippen LogP contribution is 2.66. The van der Waals surface area contributed by atoms with Crippen LogP contribution in [0.25, 0.3) is 0 Å². The standard InChI is InChI=1S/C21H33NO3/c1-4-21(24)18(22-25)12-17-15-6-5-13-11-14(23)7-9-19(13,2)16(15)8-10-20(17,21)3/h5,14-17,23-25H,4,6-12H2,1-3H3/b22-18+/t14-,15+,16-,17-,19-,20-,21-/m0/s1. The molecule has 4 nitrogen and oxygen atoms in total. The average Bonchev–Trinajstić information content (AvgIpc) is 2.83. The highest BCUT2D eigenvalue weighted by atomic mass is 16.4. The van der Waals surface area contributed by atoms with Gasteiger partial charge in [0.2, 0.25) is 0 Å². The van der Waals surface area contributed by atoms with Gasteiger partial charge in [-0.05, 0) is 74.5 Å². The predicted octanol–water partition coefficient (Wildman–Crippen LogP) is 3.89. The second-order valence-electron chi connectivity index (χ2n) is 9.58. The third-order valence-electron chi connectivity index (χ3n) is 8.94. The van der Waals surface area contributed by atoms with Crippen molar-refractivity contribution in [2.75, 3.05) is 0 Å². The van der Waals surface area contributed by atoms with Crippen LogP contribution in [0.2, 0.25) is 0 Å². The lowest BCUT2D eigenvalue weighted by atomic mass is 9.47. The van der Waals surface area contributed by atoms with Crippen LogP contribution >= 0.6 is 0 Å². The van der Waals surface area contributed by atoms with E-state index < -0.39 is 5.60 Å². The Balaban J connectivity index is 1.72. The number of hydrogen-bond acceptors (Lipinski definition) is 4. The molecule has 0 saturated heterocycles. The fourth-order valence-corrected chi connectivity index (χ4v) is 7.29. The van der Waals surface area contributed by atoms with E-state index in [0.717, 1.165) is 44.9 Å². The van der Waals surface area contributed by atoms with Gasteiger partial charge in [-0.1, -0.05) is 37.6 Å². The summed E-state index contributed by atoms with van der Waals surface area (Å²) in [6.07, 6.45) is 9.54. The largest absolute Gasteiger partial charge is 0.411 e. The minimum Gasteiger partial charge on any atom is -0.411 e. The van der Waals surface area contributed by atoms with Gasteiger partial charge in [0.1, 0.15) is 5.60 Å². The maximum Gasteiger partial charge on any atom is 0.111 e. The van der Waals surface area contributed by atoms with E-state index in [4.69, 9.17) is 0 Å². The van der Waals surface area contributed by atoms with Gasteiger partial charge in [0.25, 0.3) is 0 Å². The van der Waals surface area contributed by atoms with Crippen LogP contribution in [0.5, 0.6) is 0 Å². The normalized spacial score (nSPS) is 53.8. The summed E-state index contributed by atoms with van der Waals surface area (Å²) in [4.78, 5) is 0. The lowest BCUT2D eigenvalue weighted by Gasteiger charge is -2.58. The first kappa shape index (κ1) is 17.5. The van der Waals surface area contributed by atoms with Crippen LogP contribution in [0.1, 0.15) is 72.1 Å². The van der Waals surface area contributed by atoms with E-state index in [2.05, 4.69) is 25.1 Å². The van der Waals surface area contributed by atoms with E-state index in [1.807, 2.05) is 6.92 Å². The monoisotopic (exact) mass is 347 g/mol. The summed E-state index contributed by atoms with van der Waals surface area (Å²) >= 11 is 0. The number of rotatable bonds is 1. The molecule has 140 valence electrons. The second kappa shape index (κ2) is 5.56. The van der Waals surface area contributed by atoms with Gasteiger partial charge in [-0.2, -0.15) is 0 Å². The average molecular weight is 347 g/mol. The summed E-state index contributed by atoms with van der Waals surface area (Å²) in [5.41, 5.74) is 1.11. The van der Waals surface area contributed by atoms with Crippen LogP contribution in [-0.4, -0.2) is 32.8 Å². The molecular formula is C21H33NO3. The Kier molecular flexibility index (Phi) is 3.90. The van der Waals surface area contributed by atoms with Crippen molar-refractivity contribution in [1.29, 1.82) is 0 Å². The highest BCUT2D eigenvalue weighted by molar-refractivity contribution is 5.95. The van der Waals surface area contributed by atoms with Crippen LogP contribution in [0, 0.1) is 28.6 Å². The predicted molar refractivity (Wildman–Crippen MR) is 97.6 cm³/mol. The molecule has 0 heterocycles. The van der Waals surface area contributed by atoms with Gasteiger partial charge >= 0.3 is 0 Å². The molecule has 0 aromatic rings. The first-order valence-electron chi connectivity index (χ1n) is 10.1. The van der Waals surface area contributed by atoms with Crippen LogP contribution in [-0.2, 0) is 0 Å². The first-order chi connectivity index (χ1) is 11.8. The topological polar surface area (TPSA) is 73.1 Å². The van der Waals surface area contributed by atoms with Crippen LogP contribution < -0.4 is 0 Å². The molecule has 3 fully saturated rings. The van der Waals surface area contributed by atoms with Crippen molar-refractivity contribution in [3.05, 3.63) is 11.6 Å². The second-order valence-corrected chi connectivity index (χ2v) is 9.58. The zero-order valence-electron chi connectivity index (χ0n) is 15.8. The Morgan fingerprint density at radius 3 is 2.60 bits per heavy atom. The molecule has 0 bridgehead atoms. The van der Waals surface area contributed by atoms with E-state index in [0.29, 0.717) is 29.9 Å². The smallest absolute Gasteiger partial charge is 0.111 e. The summed E-state index contributed by atoms with van der Waals surface area (Å²) in [5.74, 6) is 1.54. The number of aliphatic hydroxyl groups is 2. The first-order valence-corrected chi connectivity index (χ1v) is 10.1. The van der Waals surface area contributed by atoms with Crippen LogP contribution in [0.4, 0.5) is 0 Å². The fraction of sp³-hybridized carbons (Fsp3) is 0.857. The number of aliphatic hydroxyl groups excluding tert-OH is 1. The molecule has 0 aliphatic heterocycles. The maximum absolute atomic E-state index is 11.4. The van der Waals surface area contributed by atoms with E-state index >= 15 is 0 Å². The Morgan fingerprint density at radius 2 is 1.92 bits per heavy atom. The molecule has 0 radical (unpaired) electrons. The third kappa shape index (κ3) is 2.10. The molecule has 0 aromatic heterocycles. The molecule has 0 aromatic carbocycles.